The average molecular weight is 296 g/mol. The lowest BCUT2D eigenvalue weighted by atomic mass is 10.0. The predicted octanol–water partition coefficient (Wildman–Crippen LogP) is 2.89. The summed E-state index contributed by atoms with van der Waals surface area (Å²) in [4.78, 5) is 14.7. The topological polar surface area (TPSA) is 55.6 Å². The number of rotatable bonds is 5. The van der Waals surface area contributed by atoms with E-state index in [9.17, 15) is 4.79 Å². The van der Waals surface area contributed by atoms with Crippen molar-refractivity contribution in [2.45, 2.75) is 18.9 Å². The van der Waals surface area contributed by atoms with Crippen molar-refractivity contribution in [2.75, 3.05) is 18.0 Å². The van der Waals surface area contributed by atoms with Gasteiger partial charge in [-0.05, 0) is 31.5 Å². The lowest BCUT2D eigenvalue weighted by Crippen LogP contribution is -2.41. The maximum Gasteiger partial charge on any atom is 0.272 e. The molecule has 1 amide bonds. The highest BCUT2D eigenvalue weighted by Gasteiger charge is 2.34. The number of unbranched alkanes of at least 4 members (excludes halogenated alkanes) is 1. The van der Waals surface area contributed by atoms with E-state index >= 15 is 0 Å². The number of carbonyl (C=O) groups is 1. The highest BCUT2D eigenvalue weighted by Crippen LogP contribution is 2.38. The van der Waals surface area contributed by atoms with E-state index in [4.69, 9.17) is 10.5 Å². The Hall–Kier alpha value is -2.33. The molecular weight excluding hydrogens is 276 g/mol. The molecule has 22 heavy (non-hydrogen) atoms. The Labute approximate surface area is 130 Å². The molecule has 0 bridgehead atoms. The maximum atomic E-state index is 12.9. The zero-order valence-corrected chi connectivity index (χ0v) is 12.4. The number of para-hydroxylation sites is 2. The van der Waals surface area contributed by atoms with Crippen molar-refractivity contribution < 1.29 is 9.53 Å². The molecule has 0 saturated heterocycles. The lowest BCUT2D eigenvalue weighted by molar-refractivity contribution is -0.126. The molecule has 4 nitrogen and oxygen atoms in total. The van der Waals surface area contributed by atoms with E-state index in [0.29, 0.717) is 13.1 Å². The number of nitrogens with two attached hydrogens (primary N) is 1. The van der Waals surface area contributed by atoms with Gasteiger partial charge in [-0.1, -0.05) is 42.5 Å². The molecule has 1 atom stereocenters. The van der Waals surface area contributed by atoms with Crippen molar-refractivity contribution in [3.05, 3.63) is 60.2 Å². The molecule has 114 valence electrons. The van der Waals surface area contributed by atoms with E-state index in [0.717, 1.165) is 29.8 Å². The Balaban J connectivity index is 1.92. The van der Waals surface area contributed by atoms with Crippen LogP contribution in [0.5, 0.6) is 5.75 Å². The van der Waals surface area contributed by atoms with E-state index in [1.807, 2.05) is 59.5 Å². The van der Waals surface area contributed by atoms with E-state index in [1.54, 1.807) is 0 Å². The quantitative estimate of drug-likeness (QED) is 0.863. The summed E-state index contributed by atoms with van der Waals surface area (Å²) in [7, 11) is 0. The molecule has 2 N–H and O–H groups in total. The van der Waals surface area contributed by atoms with Crippen LogP contribution in [0.25, 0.3) is 0 Å². The summed E-state index contributed by atoms with van der Waals surface area (Å²) in [5.74, 6) is 0.741. The van der Waals surface area contributed by atoms with Gasteiger partial charge in [0.25, 0.3) is 5.91 Å². The fraction of sp³-hybridized carbons (Fsp3) is 0.278. The Bertz CT molecular complexity index is 643. The van der Waals surface area contributed by atoms with Gasteiger partial charge in [0.1, 0.15) is 5.75 Å². The smallest absolute Gasteiger partial charge is 0.272 e. The third-order valence-corrected chi connectivity index (χ3v) is 3.83. The molecule has 0 saturated carbocycles. The normalized spacial score (nSPS) is 17.0. The lowest BCUT2D eigenvalue weighted by Gasteiger charge is -2.34. The second-order valence-corrected chi connectivity index (χ2v) is 5.36. The second kappa shape index (κ2) is 6.62. The Morgan fingerprint density at radius 3 is 2.50 bits per heavy atom. The van der Waals surface area contributed by atoms with Crippen LogP contribution < -0.4 is 15.4 Å². The minimum absolute atomic E-state index is 0.0121. The first-order chi connectivity index (χ1) is 10.8. The second-order valence-electron chi connectivity index (χ2n) is 5.36. The van der Waals surface area contributed by atoms with Gasteiger partial charge in [0.15, 0.2) is 0 Å². The molecule has 2 aromatic rings. The molecule has 1 unspecified atom stereocenters. The van der Waals surface area contributed by atoms with Gasteiger partial charge < -0.3 is 15.4 Å². The molecule has 1 aliphatic rings. The first kappa shape index (κ1) is 14.6. The third-order valence-electron chi connectivity index (χ3n) is 3.83. The Morgan fingerprint density at radius 2 is 1.73 bits per heavy atom. The monoisotopic (exact) mass is 296 g/mol. The van der Waals surface area contributed by atoms with Crippen LogP contribution in [-0.4, -0.2) is 19.0 Å². The van der Waals surface area contributed by atoms with Gasteiger partial charge in [-0.2, -0.15) is 0 Å². The number of benzene rings is 2. The van der Waals surface area contributed by atoms with E-state index in [-0.39, 0.29) is 5.91 Å². The predicted molar refractivity (Wildman–Crippen MR) is 86.9 cm³/mol. The Morgan fingerprint density at radius 1 is 1.00 bits per heavy atom. The number of fused-ring (bicyclic) bond motifs is 1. The first-order valence-electron chi connectivity index (χ1n) is 7.63. The van der Waals surface area contributed by atoms with Crippen LogP contribution in [0.1, 0.15) is 24.5 Å². The number of nitrogens with zero attached hydrogens (tertiary/aromatic N) is 1. The summed E-state index contributed by atoms with van der Waals surface area (Å²) >= 11 is 0. The van der Waals surface area contributed by atoms with Gasteiger partial charge >= 0.3 is 0 Å². The molecular formula is C18H20N2O2. The van der Waals surface area contributed by atoms with Crippen LogP contribution in [0, 0.1) is 0 Å². The van der Waals surface area contributed by atoms with Crippen LogP contribution in [0.15, 0.2) is 54.6 Å². The van der Waals surface area contributed by atoms with Gasteiger partial charge in [0.2, 0.25) is 6.10 Å². The molecule has 4 heteroatoms. The molecule has 0 fully saturated rings. The third kappa shape index (κ3) is 2.83. The van der Waals surface area contributed by atoms with Crippen molar-refractivity contribution in [1.82, 2.24) is 0 Å². The van der Waals surface area contributed by atoms with Crippen molar-refractivity contribution >= 4 is 11.6 Å². The van der Waals surface area contributed by atoms with Crippen LogP contribution in [0.4, 0.5) is 5.69 Å². The van der Waals surface area contributed by atoms with Gasteiger partial charge in [-0.3, -0.25) is 4.79 Å². The summed E-state index contributed by atoms with van der Waals surface area (Å²) in [5, 5.41) is 0. The van der Waals surface area contributed by atoms with Crippen LogP contribution >= 0.6 is 0 Å². The zero-order chi connectivity index (χ0) is 15.4. The number of carbonyl (C=O) groups excluding carboxylic acids is 1. The van der Waals surface area contributed by atoms with E-state index in [1.165, 1.54) is 0 Å². The van der Waals surface area contributed by atoms with Gasteiger partial charge in [0, 0.05) is 12.1 Å². The van der Waals surface area contributed by atoms with Crippen molar-refractivity contribution in [3.8, 4) is 5.75 Å². The number of amides is 1. The maximum absolute atomic E-state index is 12.9. The average Bonchev–Trinajstić information content (AvgIpc) is 2.57. The summed E-state index contributed by atoms with van der Waals surface area (Å²) in [6.45, 7) is 1.31. The summed E-state index contributed by atoms with van der Waals surface area (Å²) in [5.41, 5.74) is 7.29. The number of hydrogen-bond donors (Lipinski definition) is 1. The summed E-state index contributed by atoms with van der Waals surface area (Å²) in [6, 6.07) is 17.3. The molecule has 3 rings (SSSR count). The fourth-order valence-electron chi connectivity index (χ4n) is 2.70. The summed E-state index contributed by atoms with van der Waals surface area (Å²) < 4.78 is 5.95. The molecule has 2 aromatic carbocycles. The highest BCUT2D eigenvalue weighted by molar-refractivity contribution is 6.00. The molecule has 0 aromatic heterocycles. The number of ether oxygens (including phenoxy) is 1. The van der Waals surface area contributed by atoms with E-state index in [2.05, 4.69) is 0 Å². The SMILES string of the molecule is NCCCCN1C(=O)C(c2ccccc2)Oc2ccccc21. The van der Waals surface area contributed by atoms with Crippen molar-refractivity contribution in [1.29, 1.82) is 0 Å². The largest absolute Gasteiger partial charge is 0.474 e. The summed E-state index contributed by atoms with van der Waals surface area (Å²) in [6.07, 6.45) is 1.22. The molecule has 1 heterocycles. The van der Waals surface area contributed by atoms with E-state index < -0.39 is 6.10 Å². The van der Waals surface area contributed by atoms with Crippen LogP contribution in [0.3, 0.4) is 0 Å². The molecule has 0 spiro atoms. The molecule has 0 radical (unpaired) electrons. The fourth-order valence-corrected chi connectivity index (χ4v) is 2.70. The molecule has 0 aliphatic carbocycles. The van der Waals surface area contributed by atoms with Gasteiger partial charge in [-0.25, -0.2) is 0 Å². The minimum atomic E-state index is -0.575. The zero-order valence-electron chi connectivity index (χ0n) is 12.4. The van der Waals surface area contributed by atoms with Crippen LogP contribution in [-0.2, 0) is 4.79 Å². The van der Waals surface area contributed by atoms with Gasteiger partial charge in [-0.15, -0.1) is 0 Å². The Kier molecular flexibility index (Phi) is 4.39. The first-order valence-corrected chi connectivity index (χ1v) is 7.63. The highest BCUT2D eigenvalue weighted by atomic mass is 16.5. The van der Waals surface area contributed by atoms with Crippen LogP contribution in [0.2, 0.25) is 0 Å². The standard InChI is InChI=1S/C18H20N2O2/c19-12-6-7-13-20-15-10-4-5-11-16(15)22-17(18(20)21)14-8-2-1-3-9-14/h1-5,8-11,17H,6-7,12-13,19H2. The van der Waals surface area contributed by atoms with Crippen molar-refractivity contribution in [3.63, 3.8) is 0 Å². The minimum Gasteiger partial charge on any atom is -0.474 e. The number of hydrogen-bond acceptors (Lipinski definition) is 3. The number of anilines is 1. The molecule has 1 aliphatic heterocycles. The van der Waals surface area contributed by atoms with Crippen molar-refractivity contribution in [2.24, 2.45) is 5.73 Å². The van der Waals surface area contributed by atoms with Gasteiger partial charge in [0.05, 0.1) is 5.69 Å².